The summed E-state index contributed by atoms with van der Waals surface area (Å²) in [5.74, 6) is 2.19. The highest BCUT2D eigenvalue weighted by atomic mass is 32.2. The second kappa shape index (κ2) is 8.44. The molecule has 0 bridgehead atoms. The third-order valence-electron chi connectivity index (χ3n) is 3.70. The highest BCUT2D eigenvalue weighted by molar-refractivity contribution is 7.99. The molecule has 0 N–H and O–H groups in total. The highest BCUT2D eigenvalue weighted by Crippen LogP contribution is 2.24. The van der Waals surface area contributed by atoms with Crippen molar-refractivity contribution in [3.05, 3.63) is 71.6 Å². The number of oxazole rings is 1. The molecule has 27 heavy (non-hydrogen) atoms. The van der Waals surface area contributed by atoms with E-state index >= 15 is 0 Å². The minimum atomic E-state index is 0.119. The predicted molar refractivity (Wildman–Crippen MR) is 112 cm³/mol. The van der Waals surface area contributed by atoms with Gasteiger partial charge in [-0.15, -0.1) is 0 Å². The third-order valence-corrected chi connectivity index (χ3v) is 4.46. The van der Waals surface area contributed by atoms with Gasteiger partial charge in [-0.1, -0.05) is 18.2 Å². The molecule has 2 aromatic carbocycles. The highest BCUT2D eigenvalue weighted by Gasteiger charge is 2.12. The number of aromatic nitrogens is 1. The van der Waals surface area contributed by atoms with Crippen LogP contribution in [0.5, 0.6) is 5.75 Å². The average Bonchev–Trinajstić information content (AvgIpc) is 3.02. The van der Waals surface area contributed by atoms with E-state index in [1.54, 1.807) is 11.9 Å². The van der Waals surface area contributed by atoms with Crippen LogP contribution >= 0.6 is 11.9 Å². The molecule has 0 spiro atoms. The van der Waals surface area contributed by atoms with E-state index in [1.807, 2.05) is 67.7 Å². The van der Waals surface area contributed by atoms with Crippen molar-refractivity contribution in [2.75, 3.05) is 0 Å². The Hall–Kier alpha value is -2.53. The maximum atomic E-state index is 5.86. The second-order valence-corrected chi connectivity index (χ2v) is 8.80. The Kier molecular flexibility index (Phi) is 6.01. The summed E-state index contributed by atoms with van der Waals surface area (Å²) in [6, 6.07) is 17.7. The largest absolute Gasteiger partial charge is 0.487 e. The van der Waals surface area contributed by atoms with Gasteiger partial charge in [0.2, 0.25) is 5.89 Å². The lowest BCUT2D eigenvalue weighted by atomic mass is 10.2. The fourth-order valence-electron chi connectivity index (χ4n) is 2.31. The van der Waals surface area contributed by atoms with Crippen LogP contribution in [0.4, 0.5) is 0 Å². The summed E-state index contributed by atoms with van der Waals surface area (Å²) in [6.07, 6.45) is 1.87. The van der Waals surface area contributed by atoms with E-state index < -0.39 is 0 Å². The molecule has 0 aliphatic rings. The molecule has 1 heterocycles. The van der Waals surface area contributed by atoms with Crippen molar-refractivity contribution in [1.29, 1.82) is 0 Å². The van der Waals surface area contributed by atoms with Gasteiger partial charge < -0.3 is 9.15 Å². The Bertz CT molecular complexity index is 894. The molecular weight excluding hydrogens is 356 g/mol. The molecule has 3 aromatic rings. The van der Waals surface area contributed by atoms with Crippen LogP contribution in [-0.2, 0) is 6.61 Å². The monoisotopic (exact) mass is 380 g/mol. The Morgan fingerprint density at radius 3 is 2.44 bits per heavy atom. The van der Waals surface area contributed by atoms with Crippen LogP contribution in [-0.4, -0.2) is 15.9 Å². The van der Waals surface area contributed by atoms with Gasteiger partial charge in [0.25, 0.3) is 0 Å². The first-order chi connectivity index (χ1) is 12.9. The molecule has 0 aliphatic carbocycles. The molecule has 0 amide bonds. The summed E-state index contributed by atoms with van der Waals surface area (Å²) < 4.78 is 16.2. The average molecular weight is 381 g/mol. The van der Waals surface area contributed by atoms with Crippen LogP contribution in [0.3, 0.4) is 0 Å². The molecule has 140 valence electrons. The van der Waals surface area contributed by atoms with Crippen molar-refractivity contribution in [2.24, 2.45) is 4.40 Å². The number of benzene rings is 2. The van der Waals surface area contributed by atoms with Gasteiger partial charge in [-0.2, -0.15) is 0 Å². The number of nitrogens with zero attached hydrogens (tertiary/aromatic N) is 2. The Morgan fingerprint density at radius 2 is 1.78 bits per heavy atom. The Balaban J connectivity index is 1.60. The molecule has 0 aliphatic heterocycles. The Morgan fingerprint density at radius 1 is 1.07 bits per heavy atom. The quantitative estimate of drug-likeness (QED) is 0.383. The molecular formula is C22H24N2O2S. The number of aryl methyl sites for hydroxylation is 1. The lowest BCUT2D eigenvalue weighted by molar-refractivity contribution is 0.299. The summed E-state index contributed by atoms with van der Waals surface area (Å²) in [4.78, 5) is 4.56. The van der Waals surface area contributed by atoms with Crippen molar-refractivity contribution >= 4 is 18.2 Å². The van der Waals surface area contributed by atoms with Crippen molar-refractivity contribution in [3.63, 3.8) is 0 Å². The fraction of sp³-hybridized carbons (Fsp3) is 0.273. The summed E-state index contributed by atoms with van der Waals surface area (Å²) >= 11 is 1.56. The van der Waals surface area contributed by atoms with E-state index in [0.29, 0.717) is 12.5 Å². The summed E-state index contributed by atoms with van der Waals surface area (Å²) in [7, 11) is 0. The van der Waals surface area contributed by atoms with Crippen LogP contribution in [0.2, 0.25) is 0 Å². The van der Waals surface area contributed by atoms with Gasteiger partial charge in [0.05, 0.1) is 0 Å². The van der Waals surface area contributed by atoms with E-state index in [9.17, 15) is 0 Å². The van der Waals surface area contributed by atoms with Gasteiger partial charge in [-0.3, -0.25) is 0 Å². The SMILES string of the molecule is Cc1oc(-c2ccccc2)nc1COc1ccc(C=NSC(C)(C)C)cc1. The molecule has 0 saturated heterocycles. The zero-order chi connectivity index (χ0) is 19.3. The lowest BCUT2D eigenvalue weighted by Gasteiger charge is -2.12. The van der Waals surface area contributed by atoms with Gasteiger partial charge in [-0.25, -0.2) is 9.38 Å². The van der Waals surface area contributed by atoms with E-state index in [0.717, 1.165) is 28.3 Å². The zero-order valence-corrected chi connectivity index (χ0v) is 16.9. The van der Waals surface area contributed by atoms with Gasteiger partial charge >= 0.3 is 0 Å². The third kappa shape index (κ3) is 5.73. The molecule has 3 rings (SSSR count). The molecule has 0 saturated carbocycles. The van der Waals surface area contributed by atoms with Gasteiger partial charge in [0.1, 0.15) is 23.8 Å². The molecule has 0 radical (unpaired) electrons. The van der Waals surface area contributed by atoms with Crippen LogP contribution < -0.4 is 4.74 Å². The first kappa shape index (κ1) is 19.2. The topological polar surface area (TPSA) is 47.6 Å². The molecule has 0 atom stereocenters. The van der Waals surface area contributed by atoms with Crippen molar-refractivity contribution < 1.29 is 9.15 Å². The zero-order valence-electron chi connectivity index (χ0n) is 16.1. The predicted octanol–water partition coefficient (Wildman–Crippen LogP) is 6.09. The van der Waals surface area contributed by atoms with Gasteiger partial charge in [0.15, 0.2) is 0 Å². The van der Waals surface area contributed by atoms with E-state index in [4.69, 9.17) is 9.15 Å². The Labute approximate surface area is 164 Å². The van der Waals surface area contributed by atoms with E-state index in [-0.39, 0.29) is 4.75 Å². The molecule has 1 aromatic heterocycles. The number of hydrogen-bond acceptors (Lipinski definition) is 5. The first-order valence-electron chi connectivity index (χ1n) is 8.87. The van der Waals surface area contributed by atoms with E-state index in [2.05, 4.69) is 30.2 Å². The van der Waals surface area contributed by atoms with Crippen LogP contribution in [0.1, 0.15) is 37.8 Å². The van der Waals surface area contributed by atoms with Crippen LogP contribution in [0.15, 0.2) is 63.4 Å². The van der Waals surface area contributed by atoms with Crippen LogP contribution in [0, 0.1) is 6.92 Å². The summed E-state index contributed by atoms with van der Waals surface area (Å²) in [6.45, 7) is 8.70. The summed E-state index contributed by atoms with van der Waals surface area (Å²) in [5, 5.41) is 0. The van der Waals surface area contributed by atoms with Crippen molar-refractivity contribution in [3.8, 4) is 17.2 Å². The number of ether oxygens (including phenoxy) is 1. The number of rotatable bonds is 6. The standard InChI is InChI=1S/C22H24N2O2S/c1-16-20(24-21(26-16)18-8-6-5-7-9-18)15-25-19-12-10-17(11-13-19)14-23-27-22(2,3)4/h5-14H,15H2,1-4H3. The normalized spacial score (nSPS) is 11.9. The maximum Gasteiger partial charge on any atom is 0.226 e. The molecule has 0 unspecified atom stereocenters. The van der Waals surface area contributed by atoms with Gasteiger partial charge in [0, 0.05) is 16.5 Å². The smallest absolute Gasteiger partial charge is 0.226 e. The fourth-order valence-corrected chi connectivity index (χ4v) is 2.80. The lowest BCUT2D eigenvalue weighted by Crippen LogP contribution is -2.04. The first-order valence-corrected chi connectivity index (χ1v) is 9.64. The number of hydrogen-bond donors (Lipinski definition) is 0. The summed E-state index contributed by atoms with van der Waals surface area (Å²) in [5.41, 5.74) is 2.81. The second-order valence-electron chi connectivity index (χ2n) is 7.18. The van der Waals surface area contributed by atoms with Crippen molar-refractivity contribution in [2.45, 2.75) is 39.0 Å². The maximum absolute atomic E-state index is 5.86. The minimum absolute atomic E-state index is 0.119. The molecule has 4 nitrogen and oxygen atoms in total. The van der Waals surface area contributed by atoms with E-state index in [1.165, 1.54) is 0 Å². The molecule has 0 fully saturated rings. The van der Waals surface area contributed by atoms with Crippen LogP contribution in [0.25, 0.3) is 11.5 Å². The van der Waals surface area contributed by atoms with Crippen molar-refractivity contribution in [1.82, 2.24) is 4.98 Å². The molecule has 5 heteroatoms. The van der Waals surface area contributed by atoms with Gasteiger partial charge in [-0.05, 0) is 81.6 Å². The minimum Gasteiger partial charge on any atom is -0.487 e.